The highest BCUT2D eigenvalue weighted by Gasteiger charge is 2.03. The summed E-state index contributed by atoms with van der Waals surface area (Å²) in [6.07, 6.45) is 0. The first-order valence-electron chi connectivity index (χ1n) is 6.43. The molecule has 2 aromatic carbocycles. The number of rotatable bonds is 5. The van der Waals surface area contributed by atoms with Crippen LogP contribution in [0.5, 0.6) is 0 Å². The number of benzene rings is 2. The Hall–Kier alpha value is -2.06. The monoisotopic (exact) mass is 335 g/mol. The summed E-state index contributed by atoms with van der Waals surface area (Å²) < 4.78 is 0. The van der Waals surface area contributed by atoms with Gasteiger partial charge in [-0.15, -0.1) is 12.4 Å². The first-order valence-corrected chi connectivity index (χ1v) is 6.81. The summed E-state index contributed by atoms with van der Waals surface area (Å²) in [7, 11) is 0. The van der Waals surface area contributed by atoms with Gasteiger partial charge in [0.1, 0.15) is 0 Å². The van der Waals surface area contributed by atoms with E-state index in [4.69, 9.17) is 16.9 Å². The molecule has 6 heteroatoms. The van der Waals surface area contributed by atoms with Crippen LogP contribution in [0.2, 0.25) is 5.02 Å². The van der Waals surface area contributed by atoms with Crippen molar-refractivity contribution in [2.24, 2.45) is 0 Å². The van der Waals surface area contributed by atoms with E-state index in [-0.39, 0.29) is 24.9 Å². The molecule has 0 fully saturated rings. The molecule has 0 heterocycles. The lowest BCUT2D eigenvalue weighted by molar-refractivity contribution is -0.115. The summed E-state index contributed by atoms with van der Waals surface area (Å²) in [6, 6.07) is 16.2. The van der Waals surface area contributed by atoms with Gasteiger partial charge < -0.3 is 10.6 Å². The van der Waals surface area contributed by atoms with Crippen molar-refractivity contribution in [3.05, 3.63) is 64.7 Å². The highest BCUT2D eigenvalue weighted by molar-refractivity contribution is 6.31. The molecule has 0 aromatic heterocycles. The van der Waals surface area contributed by atoms with Gasteiger partial charge in [0.25, 0.3) is 0 Å². The van der Waals surface area contributed by atoms with E-state index in [9.17, 15) is 4.79 Å². The second-order valence-corrected chi connectivity index (χ2v) is 4.84. The number of halogens is 2. The van der Waals surface area contributed by atoms with Gasteiger partial charge in [-0.3, -0.25) is 4.79 Å². The molecule has 0 radical (unpaired) electrons. The third kappa shape index (κ3) is 5.38. The Balaban J connectivity index is 0.00000242. The molecule has 0 aliphatic rings. The fourth-order valence-corrected chi connectivity index (χ4v) is 1.99. The normalized spacial score (nSPS) is 9.45. The van der Waals surface area contributed by atoms with Crippen molar-refractivity contribution >= 4 is 35.6 Å². The molecule has 0 saturated carbocycles. The number of nitriles is 1. The molecule has 0 aliphatic heterocycles. The van der Waals surface area contributed by atoms with Crippen molar-refractivity contribution < 1.29 is 4.79 Å². The van der Waals surface area contributed by atoms with E-state index in [0.29, 0.717) is 22.8 Å². The predicted octanol–water partition coefficient (Wildman–Crippen LogP) is 3.36. The van der Waals surface area contributed by atoms with Crippen LogP contribution in [0, 0.1) is 11.3 Å². The van der Waals surface area contributed by atoms with Crippen LogP contribution in [-0.2, 0) is 11.3 Å². The zero-order chi connectivity index (χ0) is 15.1. The van der Waals surface area contributed by atoms with Crippen LogP contribution >= 0.6 is 24.0 Å². The number of hydrogen-bond donors (Lipinski definition) is 2. The van der Waals surface area contributed by atoms with Gasteiger partial charge in [0.2, 0.25) is 5.91 Å². The maximum Gasteiger partial charge on any atom is 0.238 e. The smallest absolute Gasteiger partial charge is 0.238 e. The van der Waals surface area contributed by atoms with E-state index in [1.165, 1.54) is 0 Å². The minimum atomic E-state index is -0.147. The number of anilines is 1. The number of nitrogens with zero attached hydrogens (tertiary/aromatic N) is 1. The number of nitrogens with one attached hydrogen (secondary N) is 2. The Morgan fingerprint density at radius 2 is 1.82 bits per heavy atom. The molecule has 22 heavy (non-hydrogen) atoms. The van der Waals surface area contributed by atoms with Gasteiger partial charge in [0, 0.05) is 17.3 Å². The van der Waals surface area contributed by atoms with Gasteiger partial charge in [-0.05, 0) is 35.9 Å². The third-order valence-electron chi connectivity index (χ3n) is 2.86. The number of hydrogen-bond acceptors (Lipinski definition) is 3. The molecular formula is C16H15Cl2N3O. The van der Waals surface area contributed by atoms with E-state index < -0.39 is 0 Å². The van der Waals surface area contributed by atoms with Gasteiger partial charge in [0.15, 0.2) is 0 Å². The van der Waals surface area contributed by atoms with Crippen molar-refractivity contribution in [2.75, 3.05) is 11.9 Å². The summed E-state index contributed by atoms with van der Waals surface area (Å²) in [5.74, 6) is -0.147. The molecule has 0 unspecified atom stereocenters. The van der Waals surface area contributed by atoms with Crippen LogP contribution in [-0.4, -0.2) is 12.5 Å². The summed E-state index contributed by atoms with van der Waals surface area (Å²) in [6.45, 7) is 0.714. The Morgan fingerprint density at radius 3 is 2.45 bits per heavy atom. The SMILES string of the molecule is Cl.N#Cc1ccc(NC(=O)CNCc2ccccc2Cl)cc1. The molecule has 2 rings (SSSR count). The summed E-state index contributed by atoms with van der Waals surface area (Å²) in [4.78, 5) is 11.8. The van der Waals surface area contributed by atoms with Crippen molar-refractivity contribution in [2.45, 2.75) is 6.54 Å². The maximum absolute atomic E-state index is 11.8. The lowest BCUT2D eigenvalue weighted by Gasteiger charge is -2.08. The molecule has 0 atom stereocenters. The van der Waals surface area contributed by atoms with Crippen LogP contribution in [0.4, 0.5) is 5.69 Å². The van der Waals surface area contributed by atoms with Crippen molar-refractivity contribution in [1.29, 1.82) is 5.26 Å². The molecular weight excluding hydrogens is 321 g/mol. The number of amides is 1. The van der Waals surface area contributed by atoms with Gasteiger partial charge in [-0.25, -0.2) is 0 Å². The van der Waals surface area contributed by atoms with Crippen molar-refractivity contribution in [1.82, 2.24) is 5.32 Å². The van der Waals surface area contributed by atoms with E-state index in [0.717, 1.165) is 5.56 Å². The average molecular weight is 336 g/mol. The number of carbonyl (C=O) groups is 1. The molecule has 4 nitrogen and oxygen atoms in total. The minimum Gasteiger partial charge on any atom is -0.325 e. The lowest BCUT2D eigenvalue weighted by atomic mass is 10.2. The highest BCUT2D eigenvalue weighted by atomic mass is 35.5. The second-order valence-electron chi connectivity index (χ2n) is 4.43. The van der Waals surface area contributed by atoms with Crippen LogP contribution in [0.1, 0.15) is 11.1 Å². The topological polar surface area (TPSA) is 64.9 Å². The highest BCUT2D eigenvalue weighted by Crippen LogP contribution is 2.14. The van der Waals surface area contributed by atoms with Gasteiger partial charge in [0.05, 0.1) is 18.2 Å². The minimum absolute atomic E-state index is 0. The zero-order valence-electron chi connectivity index (χ0n) is 11.7. The van der Waals surface area contributed by atoms with Crippen LogP contribution in [0.25, 0.3) is 0 Å². The second kappa shape index (κ2) is 9.06. The average Bonchev–Trinajstić information content (AvgIpc) is 2.50. The largest absolute Gasteiger partial charge is 0.325 e. The molecule has 1 amide bonds. The summed E-state index contributed by atoms with van der Waals surface area (Å²) in [5.41, 5.74) is 2.17. The molecule has 0 saturated heterocycles. The Morgan fingerprint density at radius 1 is 1.14 bits per heavy atom. The van der Waals surface area contributed by atoms with E-state index in [2.05, 4.69) is 10.6 Å². The first-order chi connectivity index (χ1) is 10.2. The molecule has 114 valence electrons. The third-order valence-corrected chi connectivity index (χ3v) is 3.23. The molecule has 0 spiro atoms. The van der Waals surface area contributed by atoms with E-state index in [1.54, 1.807) is 24.3 Å². The van der Waals surface area contributed by atoms with E-state index in [1.807, 2.05) is 30.3 Å². The summed E-state index contributed by atoms with van der Waals surface area (Å²) >= 11 is 6.03. The summed E-state index contributed by atoms with van der Waals surface area (Å²) in [5, 5.41) is 15.2. The van der Waals surface area contributed by atoms with E-state index >= 15 is 0 Å². The fourth-order valence-electron chi connectivity index (χ4n) is 1.79. The molecule has 0 aliphatic carbocycles. The Kier molecular flexibility index (Phi) is 7.41. The van der Waals surface area contributed by atoms with Gasteiger partial charge in [-0.2, -0.15) is 5.26 Å². The lowest BCUT2D eigenvalue weighted by Crippen LogP contribution is -2.27. The van der Waals surface area contributed by atoms with Crippen LogP contribution in [0.15, 0.2) is 48.5 Å². The quantitative estimate of drug-likeness (QED) is 0.880. The zero-order valence-corrected chi connectivity index (χ0v) is 13.2. The van der Waals surface area contributed by atoms with Crippen molar-refractivity contribution in [3.63, 3.8) is 0 Å². The fraction of sp³-hybridized carbons (Fsp3) is 0.125. The van der Waals surface area contributed by atoms with Crippen LogP contribution < -0.4 is 10.6 Å². The van der Waals surface area contributed by atoms with Crippen molar-refractivity contribution in [3.8, 4) is 6.07 Å². The Labute approximate surface area is 140 Å². The van der Waals surface area contributed by atoms with Crippen LogP contribution in [0.3, 0.4) is 0 Å². The van der Waals surface area contributed by atoms with Gasteiger partial charge >= 0.3 is 0 Å². The Bertz CT molecular complexity index is 666. The maximum atomic E-state index is 11.8. The first kappa shape index (κ1) is 18.0. The molecule has 2 aromatic rings. The van der Waals surface area contributed by atoms with Gasteiger partial charge in [-0.1, -0.05) is 29.8 Å². The molecule has 2 N–H and O–H groups in total. The molecule has 0 bridgehead atoms. The number of carbonyl (C=O) groups excluding carboxylic acids is 1. The predicted molar refractivity (Wildman–Crippen MR) is 90.2 cm³/mol. The standard InChI is InChI=1S/C16H14ClN3O.ClH/c17-15-4-2-1-3-13(15)10-19-11-16(21)20-14-7-5-12(9-18)6-8-14;/h1-8,19H,10-11H2,(H,20,21);1H.